The maximum absolute atomic E-state index is 13.1. The molecule has 0 aliphatic carbocycles. The third kappa shape index (κ3) is 6.20. The first-order valence-electron chi connectivity index (χ1n) is 9.38. The molecule has 174 valence electrons. The second kappa shape index (κ2) is 10.5. The molecule has 3 aromatic rings. The van der Waals surface area contributed by atoms with Crippen molar-refractivity contribution in [3.8, 4) is 16.9 Å². The van der Waals surface area contributed by atoms with E-state index in [1.807, 2.05) is 0 Å². The van der Waals surface area contributed by atoms with Crippen molar-refractivity contribution in [1.29, 1.82) is 0 Å². The van der Waals surface area contributed by atoms with E-state index in [1.165, 1.54) is 0 Å². The van der Waals surface area contributed by atoms with Crippen LogP contribution in [0.2, 0.25) is 10.0 Å². The Bertz CT molecular complexity index is 1250. The lowest BCUT2D eigenvalue weighted by atomic mass is 10.0. The summed E-state index contributed by atoms with van der Waals surface area (Å²) in [6.07, 6.45) is 0. The summed E-state index contributed by atoms with van der Waals surface area (Å²) in [7, 11) is -4.27. The Morgan fingerprint density at radius 3 is 2.33 bits per heavy atom. The Morgan fingerprint density at radius 1 is 1.03 bits per heavy atom. The molecule has 0 unspecified atom stereocenters. The molecular formula is C22H17Cl2F2NO5S. The number of alkyl halides is 2. The Kier molecular flexibility index (Phi) is 7.91. The molecule has 0 heterocycles. The van der Waals surface area contributed by atoms with Gasteiger partial charge in [-0.1, -0.05) is 53.5 Å². The molecule has 0 saturated carbocycles. The molecule has 3 aromatic carbocycles. The molecule has 0 bridgehead atoms. The lowest BCUT2D eigenvalue weighted by Crippen LogP contribution is -2.35. The largest absolute Gasteiger partial charge is 0.480 e. The zero-order chi connectivity index (χ0) is 24.2. The van der Waals surface area contributed by atoms with Crippen molar-refractivity contribution in [3.05, 3.63) is 82.3 Å². The van der Waals surface area contributed by atoms with E-state index >= 15 is 0 Å². The van der Waals surface area contributed by atoms with Gasteiger partial charge in [0.05, 0.1) is 14.9 Å². The molecule has 0 spiro atoms. The van der Waals surface area contributed by atoms with Gasteiger partial charge in [0.15, 0.2) is 0 Å². The zero-order valence-electron chi connectivity index (χ0n) is 16.8. The Hall–Kier alpha value is -2.72. The topological polar surface area (TPSA) is 83.9 Å². The molecule has 11 heteroatoms. The predicted molar refractivity (Wildman–Crippen MR) is 120 cm³/mol. The van der Waals surface area contributed by atoms with Crippen LogP contribution >= 0.6 is 23.2 Å². The SMILES string of the molecule is O=C(O)CN(Cc1cccc(-c2cccc(Cl)c2Cl)c1)S(=O)(=O)c1ccc(OC(F)F)cc1. The van der Waals surface area contributed by atoms with Crippen LogP contribution in [0.25, 0.3) is 11.1 Å². The van der Waals surface area contributed by atoms with Gasteiger partial charge < -0.3 is 9.84 Å². The fourth-order valence-corrected chi connectivity index (χ4v) is 4.87. The second-order valence-corrected chi connectivity index (χ2v) is 9.54. The number of rotatable bonds is 9. The van der Waals surface area contributed by atoms with Gasteiger partial charge in [-0.15, -0.1) is 0 Å². The average molecular weight is 516 g/mol. The van der Waals surface area contributed by atoms with Gasteiger partial charge in [0.25, 0.3) is 0 Å². The first kappa shape index (κ1) is 24.9. The van der Waals surface area contributed by atoms with Crippen LogP contribution in [-0.2, 0) is 21.4 Å². The minimum atomic E-state index is -4.27. The average Bonchev–Trinajstić information content (AvgIpc) is 2.75. The molecule has 0 saturated heterocycles. The molecule has 0 amide bonds. The van der Waals surface area contributed by atoms with Gasteiger partial charge in [0, 0.05) is 12.1 Å². The summed E-state index contributed by atoms with van der Waals surface area (Å²) < 4.78 is 55.9. The van der Waals surface area contributed by atoms with Crippen LogP contribution in [-0.4, -0.2) is 37.0 Å². The first-order chi connectivity index (χ1) is 15.6. The van der Waals surface area contributed by atoms with Gasteiger partial charge in [-0.2, -0.15) is 13.1 Å². The molecular weight excluding hydrogens is 499 g/mol. The number of benzene rings is 3. The van der Waals surface area contributed by atoms with Gasteiger partial charge in [0.2, 0.25) is 10.0 Å². The van der Waals surface area contributed by atoms with Gasteiger partial charge >= 0.3 is 12.6 Å². The summed E-state index contributed by atoms with van der Waals surface area (Å²) in [6, 6.07) is 16.2. The lowest BCUT2D eigenvalue weighted by Gasteiger charge is -2.21. The maximum Gasteiger partial charge on any atom is 0.387 e. The molecule has 3 rings (SSSR count). The van der Waals surface area contributed by atoms with Gasteiger partial charge in [-0.3, -0.25) is 4.79 Å². The van der Waals surface area contributed by atoms with Crippen molar-refractivity contribution < 1.29 is 31.8 Å². The normalized spacial score (nSPS) is 11.7. The summed E-state index contributed by atoms with van der Waals surface area (Å²) >= 11 is 12.4. The van der Waals surface area contributed by atoms with Crippen LogP contribution in [0.5, 0.6) is 5.75 Å². The molecule has 6 nitrogen and oxygen atoms in total. The van der Waals surface area contributed by atoms with Crippen molar-refractivity contribution in [3.63, 3.8) is 0 Å². The molecule has 0 atom stereocenters. The molecule has 1 N–H and O–H groups in total. The number of carbonyl (C=O) groups is 1. The van der Waals surface area contributed by atoms with E-state index in [0.29, 0.717) is 26.7 Å². The highest BCUT2D eigenvalue weighted by Gasteiger charge is 2.27. The second-order valence-electron chi connectivity index (χ2n) is 6.82. The van der Waals surface area contributed by atoms with Gasteiger partial charge in [0.1, 0.15) is 12.3 Å². The summed E-state index contributed by atoms with van der Waals surface area (Å²) in [5.74, 6) is -1.58. The highest BCUT2D eigenvalue weighted by atomic mass is 35.5. The van der Waals surface area contributed by atoms with Crippen LogP contribution in [0.15, 0.2) is 71.6 Å². The number of ether oxygens (including phenoxy) is 1. The number of hydrogen-bond donors (Lipinski definition) is 1. The van der Waals surface area contributed by atoms with E-state index in [-0.39, 0.29) is 17.2 Å². The zero-order valence-corrected chi connectivity index (χ0v) is 19.1. The fraction of sp³-hybridized carbons (Fsp3) is 0.136. The van der Waals surface area contributed by atoms with Gasteiger partial charge in [-0.25, -0.2) is 8.42 Å². The third-order valence-corrected chi connectivity index (χ3v) is 7.17. The Labute approximate surface area is 199 Å². The maximum atomic E-state index is 13.1. The highest BCUT2D eigenvalue weighted by molar-refractivity contribution is 7.89. The summed E-state index contributed by atoms with van der Waals surface area (Å²) in [6.45, 7) is -4.12. The van der Waals surface area contributed by atoms with E-state index in [0.717, 1.165) is 28.6 Å². The number of hydrogen-bond acceptors (Lipinski definition) is 4. The van der Waals surface area contributed by atoms with Gasteiger partial charge in [-0.05, 0) is 47.5 Å². The smallest absolute Gasteiger partial charge is 0.387 e. The highest BCUT2D eigenvalue weighted by Crippen LogP contribution is 2.34. The van der Waals surface area contributed by atoms with Crippen molar-refractivity contribution >= 4 is 39.2 Å². The van der Waals surface area contributed by atoms with Crippen LogP contribution in [0.3, 0.4) is 0 Å². The number of carboxylic acid groups (broad SMARTS) is 1. The van der Waals surface area contributed by atoms with Crippen molar-refractivity contribution in [2.45, 2.75) is 18.1 Å². The standard InChI is InChI=1S/C22H17Cl2F2NO5S/c23-19-6-2-5-18(21(19)24)15-4-1-3-14(11-15)12-27(13-20(28)29)33(30,31)17-9-7-16(8-10-17)32-22(25)26/h1-11,22H,12-13H2,(H,28,29). The van der Waals surface area contributed by atoms with E-state index < -0.39 is 29.1 Å². The van der Waals surface area contributed by atoms with Crippen molar-refractivity contribution in [1.82, 2.24) is 4.31 Å². The summed E-state index contributed by atoms with van der Waals surface area (Å²) in [5, 5.41) is 9.96. The number of sulfonamides is 1. The van der Waals surface area contributed by atoms with Crippen LogP contribution in [0.4, 0.5) is 8.78 Å². The molecule has 33 heavy (non-hydrogen) atoms. The quantitative estimate of drug-likeness (QED) is 0.404. The minimum absolute atomic E-state index is 0.222. The Morgan fingerprint density at radius 2 is 1.70 bits per heavy atom. The van der Waals surface area contributed by atoms with E-state index in [4.69, 9.17) is 23.2 Å². The fourth-order valence-electron chi connectivity index (χ4n) is 3.09. The number of carboxylic acids is 1. The van der Waals surface area contributed by atoms with Crippen LogP contribution < -0.4 is 4.74 Å². The van der Waals surface area contributed by atoms with Crippen molar-refractivity contribution in [2.75, 3.05) is 6.54 Å². The molecule has 0 aliphatic rings. The lowest BCUT2D eigenvalue weighted by molar-refractivity contribution is -0.137. The number of aliphatic carboxylic acids is 1. The van der Waals surface area contributed by atoms with Crippen molar-refractivity contribution in [2.24, 2.45) is 0 Å². The molecule has 0 fully saturated rings. The number of halogens is 4. The first-order valence-corrected chi connectivity index (χ1v) is 11.6. The molecule has 0 aliphatic heterocycles. The van der Waals surface area contributed by atoms with E-state index in [2.05, 4.69) is 4.74 Å². The Balaban J connectivity index is 1.92. The third-order valence-electron chi connectivity index (χ3n) is 4.55. The predicted octanol–water partition coefficient (Wildman–Crippen LogP) is 5.54. The van der Waals surface area contributed by atoms with Crippen LogP contribution in [0, 0.1) is 0 Å². The molecule has 0 aromatic heterocycles. The summed E-state index contributed by atoms with van der Waals surface area (Å²) in [5.41, 5.74) is 1.81. The minimum Gasteiger partial charge on any atom is -0.480 e. The van der Waals surface area contributed by atoms with Crippen LogP contribution in [0.1, 0.15) is 5.56 Å². The monoisotopic (exact) mass is 515 g/mol. The van der Waals surface area contributed by atoms with E-state index in [1.54, 1.807) is 42.5 Å². The van der Waals surface area contributed by atoms with E-state index in [9.17, 15) is 27.1 Å². The number of nitrogens with zero attached hydrogens (tertiary/aromatic N) is 1. The molecule has 0 radical (unpaired) electrons. The summed E-state index contributed by atoms with van der Waals surface area (Å²) in [4.78, 5) is 11.1.